The van der Waals surface area contributed by atoms with Crippen LogP contribution in [0.1, 0.15) is 0 Å². The molecule has 4 rings (SSSR count). The summed E-state index contributed by atoms with van der Waals surface area (Å²) in [5.74, 6) is -0.194. The molecule has 4 aromatic rings. The molecule has 0 aliphatic heterocycles. The van der Waals surface area contributed by atoms with Gasteiger partial charge in [-0.05, 0) is 57.9 Å². The monoisotopic (exact) mass is 398 g/mol. The Balaban J connectivity index is 2.21. The average molecular weight is 398 g/mol. The molecule has 0 saturated heterocycles. The summed E-state index contributed by atoms with van der Waals surface area (Å²) in [4.78, 5) is 0.428. The minimum atomic E-state index is -1.74. The largest absolute Gasteiger partial charge is 0.496 e. The summed E-state index contributed by atoms with van der Waals surface area (Å²) in [5, 5.41) is 2.74. The van der Waals surface area contributed by atoms with E-state index in [1.807, 2.05) is 0 Å². The molecule has 0 aliphatic carbocycles. The van der Waals surface area contributed by atoms with Crippen molar-refractivity contribution < 1.29 is 21.9 Å². The van der Waals surface area contributed by atoms with Crippen molar-refractivity contribution in [3.05, 3.63) is 72.3 Å². The van der Waals surface area contributed by atoms with Crippen LogP contribution in [0, 0.1) is 11.6 Å². The number of halogens is 2. The van der Waals surface area contributed by atoms with Crippen molar-refractivity contribution in [3.8, 4) is 16.9 Å². The molecule has 3 nitrogen and oxygen atoms in total. The second-order valence-corrected chi connectivity index (χ2v) is 7.46. The van der Waals surface area contributed by atoms with Gasteiger partial charge in [0.05, 0.1) is 19.1 Å². The van der Waals surface area contributed by atoms with Gasteiger partial charge in [-0.3, -0.25) is 4.18 Å². The molecule has 28 heavy (non-hydrogen) atoms. The zero-order valence-electron chi connectivity index (χ0n) is 15.2. The molecule has 1 atom stereocenters. The van der Waals surface area contributed by atoms with E-state index >= 15 is 0 Å². The van der Waals surface area contributed by atoms with E-state index in [1.54, 1.807) is 36.4 Å². The standard InChI is InChI=1S/C22H16F2O3S/c1-26-19-9-3-13-11-15(23)5-7-17(13)21(19)22-18-8-6-16(24)12-14(18)4-10-20(22)28(25)27-2/h3-12H,1-2H3. The number of methoxy groups -OCH3 is 1. The number of benzene rings is 4. The molecule has 0 N–H and O–H groups in total. The number of rotatable bonds is 4. The van der Waals surface area contributed by atoms with Gasteiger partial charge in [-0.2, -0.15) is 0 Å². The lowest BCUT2D eigenvalue weighted by atomic mass is 9.93. The maximum absolute atomic E-state index is 13.8. The van der Waals surface area contributed by atoms with Crippen LogP contribution in [0.3, 0.4) is 0 Å². The molecule has 0 bridgehead atoms. The van der Waals surface area contributed by atoms with Crippen LogP contribution in [0.25, 0.3) is 32.7 Å². The fourth-order valence-corrected chi connectivity index (χ4v) is 4.21. The van der Waals surface area contributed by atoms with Crippen LogP contribution < -0.4 is 4.74 Å². The van der Waals surface area contributed by atoms with Gasteiger partial charge in [-0.25, -0.2) is 13.0 Å². The SMILES string of the molecule is COc1ccc2cc(F)ccc2c1-c1c(S(=O)OC)ccc2cc(F)ccc12. The maximum Gasteiger partial charge on any atom is 0.189 e. The van der Waals surface area contributed by atoms with Crippen LogP contribution >= 0.6 is 0 Å². The Hall–Kier alpha value is -2.83. The van der Waals surface area contributed by atoms with E-state index in [2.05, 4.69) is 0 Å². The molecule has 0 heterocycles. The third-order valence-corrected chi connectivity index (χ3v) is 5.69. The molecular formula is C22H16F2O3S. The van der Waals surface area contributed by atoms with E-state index in [9.17, 15) is 13.0 Å². The molecule has 0 radical (unpaired) electrons. The molecular weight excluding hydrogens is 382 g/mol. The van der Waals surface area contributed by atoms with Crippen molar-refractivity contribution in [1.82, 2.24) is 0 Å². The summed E-state index contributed by atoms with van der Waals surface area (Å²) in [5.41, 5.74) is 1.25. The van der Waals surface area contributed by atoms with Crippen molar-refractivity contribution in [2.75, 3.05) is 14.2 Å². The molecule has 0 saturated carbocycles. The minimum absolute atomic E-state index is 0.357. The first-order valence-corrected chi connectivity index (χ1v) is 9.56. The second-order valence-electron chi connectivity index (χ2n) is 6.21. The molecule has 0 spiro atoms. The molecule has 6 heteroatoms. The van der Waals surface area contributed by atoms with Crippen LogP contribution in [-0.4, -0.2) is 18.4 Å². The van der Waals surface area contributed by atoms with Gasteiger partial charge in [0.1, 0.15) is 17.4 Å². The van der Waals surface area contributed by atoms with Crippen molar-refractivity contribution in [2.45, 2.75) is 4.90 Å². The van der Waals surface area contributed by atoms with Gasteiger partial charge in [-0.1, -0.05) is 24.3 Å². The highest BCUT2D eigenvalue weighted by molar-refractivity contribution is 7.80. The average Bonchev–Trinajstić information content (AvgIpc) is 2.71. The first-order valence-electron chi connectivity index (χ1n) is 8.48. The third-order valence-electron chi connectivity index (χ3n) is 4.69. The van der Waals surface area contributed by atoms with Crippen LogP contribution in [-0.2, 0) is 15.3 Å². The zero-order valence-corrected chi connectivity index (χ0v) is 16.0. The van der Waals surface area contributed by atoms with Gasteiger partial charge in [0.15, 0.2) is 11.1 Å². The Kier molecular flexibility index (Phi) is 4.83. The van der Waals surface area contributed by atoms with E-state index in [1.165, 1.54) is 38.5 Å². The first-order chi connectivity index (χ1) is 13.5. The normalized spacial score (nSPS) is 12.4. The predicted octanol–water partition coefficient (Wildman–Crippen LogP) is 5.62. The van der Waals surface area contributed by atoms with Gasteiger partial charge in [0.2, 0.25) is 0 Å². The summed E-state index contributed by atoms with van der Waals surface area (Å²) in [6.45, 7) is 0. The van der Waals surface area contributed by atoms with E-state index in [-0.39, 0.29) is 11.6 Å². The summed E-state index contributed by atoms with van der Waals surface area (Å²) in [6.07, 6.45) is 0. The first kappa shape index (κ1) is 18.5. The van der Waals surface area contributed by atoms with Gasteiger partial charge in [-0.15, -0.1) is 0 Å². The van der Waals surface area contributed by atoms with Crippen LogP contribution in [0.15, 0.2) is 65.6 Å². The summed E-state index contributed by atoms with van der Waals surface area (Å²) < 4.78 is 50.8. The van der Waals surface area contributed by atoms with E-state index in [4.69, 9.17) is 8.92 Å². The van der Waals surface area contributed by atoms with Crippen LogP contribution in [0.4, 0.5) is 8.78 Å². The highest BCUT2D eigenvalue weighted by Crippen LogP contribution is 2.43. The Morgan fingerprint density at radius 3 is 1.89 bits per heavy atom. The number of hydrogen-bond donors (Lipinski definition) is 0. The third kappa shape index (κ3) is 3.04. The lowest BCUT2D eigenvalue weighted by Crippen LogP contribution is -2.00. The van der Waals surface area contributed by atoms with Crippen molar-refractivity contribution >= 4 is 32.6 Å². The molecule has 0 amide bonds. The van der Waals surface area contributed by atoms with Crippen LogP contribution in [0.5, 0.6) is 5.75 Å². The van der Waals surface area contributed by atoms with Crippen molar-refractivity contribution in [1.29, 1.82) is 0 Å². The van der Waals surface area contributed by atoms with Crippen LogP contribution in [0.2, 0.25) is 0 Å². The molecule has 0 fully saturated rings. The minimum Gasteiger partial charge on any atom is -0.496 e. The molecule has 4 aromatic carbocycles. The Bertz CT molecular complexity index is 1240. The maximum atomic E-state index is 13.8. The highest BCUT2D eigenvalue weighted by Gasteiger charge is 2.21. The number of ether oxygens (including phenoxy) is 1. The fraction of sp³-hybridized carbons (Fsp3) is 0.0909. The second kappa shape index (κ2) is 7.30. The van der Waals surface area contributed by atoms with E-state index in [0.29, 0.717) is 37.9 Å². The molecule has 142 valence electrons. The van der Waals surface area contributed by atoms with Gasteiger partial charge >= 0.3 is 0 Å². The molecule has 0 aliphatic rings. The summed E-state index contributed by atoms with van der Waals surface area (Å²) in [6, 6.07) is 15.7. The summed E-state index contributed by atoms with van der Waals surface area (Å²) in [7, 11) is 2.89. The Labute approximate surface area is 163 Å². The highest BCUT2D eigenvalue weighted by atomic mass is 32.2. The topological polar surface area (TPSA) is 35.5 Å². The van der Waals surface area contributed by atoms with Gasteiger partial charge < -0.3 is 4.74 Å². The number of hydrogen-bond acceptors (Lipinski definition) is 3. The summed E-state index contributed by atoms with van der Waals surface area (Å²) >= 11 is -1.74. The van der Waals surface area contributed by atoms with Crippen molar-refractivity contribution in [2.24, 2.45) is 0 Å². The lowest BCUT2D eigenvalue weighted by molar-refractivity contribution is 0.417. The number of fused-ring (bicyclic) bond motifs is 2. The molecule has 0 aromatic heterocycles. The fourth-order valence-electron chi connectivity index (χ4n) is 3.48. The Morgan fingerprint density at radius 2 is 1.32 bits per heavy atom. The molecule has 1 unspecified atom stereocenters. The van der Waals surface area contributed by atoms with Gasteiger partial charge in [0.25, 0.3) is 0 Å². The smallest absolute Gasteiger partial charge is 0.189 e. The van der Waals surface area contributed by atoms with E-state index in [0.717, 1.165) is 5.39 Å². The predicted molar refractivity (Wildman–Crippen MR) is 107 cm³/mol. The lowest BCUT2D eigenvalue weighted by Gasteiger charge is -2.17. The van der Waals surface area contributed by atoms with E-state index < -0.39 is 11.1 Å². The quantitative estimate of drug-likeness (QED) is 0.448. The Morgan fingerprint density at radius 1 is 0.750 bits per heavy atom. The zero-order chi connectivity index (χ0) is 19.8. The van der Waals surface area contributed by atoms with Crippen molar-refractivity contribution in [3.63, 3.8) is 0 Å². The van der Waals surface area contributed by atoms with Gasteiger partial charge in [0, 0.05) is 11.1 Å².